The number of non-ortho nitro benzene ring substituents is 1. The molecule has 2 N–H and O–H groups in total. The highest BCUT2D eigenvalue weighted by Gasteiger charge is 2.19. The van der Waals surface area contributed by atoms with Crippen molar-refractivity contribution in [1.82, 2.24) is 4.98 Å². The zero-order valence-electron chi connectivity index (χ0n) is 12.9. The minimum atomic E-state index is -0.430. The van der Waals surface area contributed by atoms with Crippen molar-refractivity contribution in [2.75, 3.05) is 25.6 Å². The quantitative estimate of drug-likeness (QED) is 0.417. The molecule has 0 saturated carbocycles. The molecule has 2 aromatic carbocycles. The minimum Gasteiger partial charge on any atom is -0.497 e. The van der Waals surface area contributed by atoms with Gasteiger partial charge in [0.1, 0.15) is 11.1 Å². The van der Waals surface area contributed by atoms with E-state index in [4.69, 9.17) is 9.84 Å². The van der Waals surface area contributed by atoms with E-state index in [1.165, 1.54) is 6.07 Å². The number of aromatic nitrogens is 1. The topological polar surface area (TPSA) is 97.5 Å². The number of rotatable bonds is 5. The molecule has 0 aliphatic rings. The fraction of sp³-hybridized carbons (Fsp3) is 0.188. The fourth-order valence-corrected chi connectivity index (χ4v) is 2.60. The Kier molecular flexibility index (Phi) is 5.38. The normalized spacial score (nSPS) is 10.4. The first-order valence-electron chi connectivity index (χ1n) is 7.05. The van der Waals surface area contributed by atoms with Gasteiger partial charge in [0, 0.05) is 18.0 Å². The number of pyridine rings is 1. The monoisotopic (exact) mass is 349 g/mol. The predicted octanol–water partition coefficient (Wildman–Crippen LogP) is 3.13. The molecule has 0 amide bonds. The Morgan fingerprint density at radius 2 is 2.08 bits per heavy atom. The van der Waals surface area contributed by atoms with Crippen LogP contribution in [0.15, 0.2) is 36.4 Å². The van der Waals surface area contributed by atoms with Gasteiger partial charge in [0.05, 0.1) is 35.4 Å². The highest BCUT2D eigenvalue weighted by Crippen LogP contribution is 2.37. The lowest BCUT2D eigenvalue weighted by molar-refractivity contribution is -0.383. The third-order valence-electron chi connectivity index (χ3n) is 3.59. The Morgan fingerprint density at radius 3 is 2.75 bits per heavy atom. The van der Waals surface area contributed by atoms with Gasteiger partial charge < -0.3 is 15.2 Å². The third kappa shape index (κ3) is 3.04. The Morgan fingerprint density at radius 1 is 1.29 bits per heavy atom. The number of hydrogen-bond donors (Lipinski definition) is 2. The van der Waals surface area contributed by atoms with Gasteiger partial charge in [-0.2, -0.15) is 0 Å². The van der Waals surface area contributed by atoms with E-state index in [0.717, 1.165) is 0 Å². The van der Waals surface area contributed by atoms with Gasteiger partial charge >= 0.3 is 0 Å². The molecule has 0 fully saturated rings. The number of fused-ring (bicyclic) bond motifs is 2. The standard InChI is InChI=1S/C16H15N3O4.ClH/c1-23-10-5-6-12-11(9-10)16(17-7-8-20)15-13(18-12)3-2-4-14(15)19(21)22;/h2-6,9,20H,7-8H2,1H3,(H,17,18);1H. The number of ether oxygens (including phenoxy) is 1. The number of aliphatic hydroxyl groups is 1. The molecule has 0 bridgehead atoms. The van der Waals surface area contributed by atoms with Crippen LogP contribution in [0.25, 0.3) is 21.8 Å². The van der Waals surface area contributed by atoms with Gasteiger partial charge in [0.15, 0.2) is 0 Å². The van der Waals surface area contributed by atoms with Crippen LogP contribution in [0.5, 0.6) is 5.75 Å². The number of hydrogen-bond acceptors (Lipinski definition) is 6. The van der Waals surface area contributed by atoms with Gasteiger partial charge in [-0.3, -0.25) is 10.1 Å². The van der Waals surface area contributed by atoms with E-state index in [2.05, 4.69) is 10.3 Å². The molecule has 0 atom stereocenters. The first kappa shape index (κ1) is 17.7. The molecule has 3 rings (SSSR count). The SMILES string of the molecule is COc1ccc2nc3cccc([N+](=O)[O-])c3c(NCCO)c2c1.Cl. The summed E-state index contributed by atoms with van der Waals surface area (Å²) in [5, 5.41) is 24.7. The second kappa shape index (κ2) is 7.29. The van der Waals surface area contributed by atoms with Crippen molar-refractivity contribution in [3.63, 3.8) is 0 Å². The number of nitro benzene ring substituents is 1. The van der Waals surface area contributed by atoms with E-state index in [9.17, 15) is 10.1 Å². The smallest absolute Gasteiger partial charge is 0.280 e. The summed E-state index contributed by atoms with van der Waals surface area (Å²) in [5.41, 5.74) is 1.77. The minimum absolute atomic E-state index is 0. The average Bonchev–Trinajstić information content (AvgIpc) is 2.57. The van der Waals surface area contributed by atoms with Crippen LogP contribution in [-0.2, 0) is 0 Å². The summed E-state index contributed by atoms with van der Waals surface area (Å²) in [6.45, 7) is 0.188. The maximum Gasteiger partial charge on any atom is 0.280 e. The Bertz CT molecular complexity index is 901. The number of halogens is 1. The van der Waals surface area contributed by atoms with Crippen molar-refractivity contribution >= 4 is 45.6 Å². The molecule has 3 aromatic rings. The van der Waals surface area contributed by atoms with Crippen molar-refractivity contribution in [1.29, 1.82) is 0 Å². The van der Waals surface area contributed by atoms with Crippen LogP contribution in [0.4, 0.5) is 11.4 Å². The van der Waals surface area contributed by atoms with Crippen molar-refractivity contribution in [3.05, 3.63) is 46.5 Å². The van der Waals surface area contributed by atoms with E-state index in [0.29, 0.717) is 33.2 Å². The van der Waals surface area contributed by atoms with Gasteiger partial charge in [0.25, 0.3) is 5.69 Å². The van der Waals surface area contributed by atoms with Crippen LogP contribution in [0.3, 0.4) is 0 Å². The Labute approximate surface area is 143 Å². The largest absolute Gasteiger partial charge is 0.497 e. The van der Waals surface area contributed by atoms with Crippen LogP contribution < -0.4 is 10.1 Å². The summed E-state index contributed by atoms with van der Waals surface area (Å²) in [7, 11) is 1.55. The van der Waals surface area contributed by atoms with Gasteiger partial charge in [0.2, 0.25) is 0 Å². The van der Waals surface area contributed by atoms with Gasteiger partial charge in [-0.05, 0) is 24.3 Å². The molecule has 0 unspecified atom stereocenters. The van der Waals surface area contributed by atoms with E-state index in [1.807, 2.05) is 0 Å². The van der Waals surface area contributed by atoms with Crippen LogP contribution in [0.1, 0.15) is 0 Å². The van der Waals surface area contributed by atoms with Crippen LogP contribution in [0, 0.1) is 10.1 Å². The first-order valence-corrected chi connectivity index (χ1v) is 7.05. The number of methoxy groups -OCH3 is 1. The zero-order valence-corrected chi connectivity index (χ0v) is 13.7. The number of nitrogens with zero attached hydrogens (tertiary/aromatic N) is 2. The van der Waals surface area contributed by atoms with Crippen LogP contribution in [-0.4, -0.2) is 35.3 Å². The third-order valence-corrected chi connectivity index (χ3v) is 3.59. The molecule has 7 nitrogen and oxygen atoms in total. The zero-order chi connectivity index (χ0) is 16.4. The molecule has 8 heteroatoms. The first-order chi connectivity index (χ1) is 11.2. The molecule has 0 spiro atoms. The molecular weight excluding hydrogens is 334 g/mol. The molecule has 1 heterocycles. The number of aliphatic hydroxyl groups excluding tert-OH is 1. The Hall–Kier alpha value is -2.64. The molecule has 24 heavy (non-hydrogen) atoms. The molecule has 1 aromatic heterocycles. The molecule has 126 valence electrons. The van der Waals surface area contributed by atoms with E-state index >= 15 is 0 Å². The van der Waals surface area contributed by atoms with Crippen LogP contribution in [0.2, 0.25) is 0 Å². The lowest BCUT2D eigenvalue weighted by atomic mass is 10.1. The van der Waals surface area contributed by atoms with E-state index in [1.54, 1.807) is 37.4 Å². The summed E-state index contributed by atoms with van der Waals surface area (Å²) in [6.07, 6.45) is 0. The predicted molar refractivity (Wildman–Crippen MR) is 95.3 cm³/mol. The molecule has 0 saturated heterocycles. The maximum absolute atomic E-state index is 11.4. The van der Waals surface area contributed by atoms with Crippen molar-refractivity contribution in [3.8, 4) is 5.75 Å². The van der Waals surface area contributed by atoms with Crippen molar-refractivity contribution < 1.29 is 14.8 Å². The van der Waals surface area contributed by atoms with E-state index < -0.39 is 4.92 Å². The van der Waals surface area contributed by atoms with Gasteiger partial charge in [-0.25, -0.2) is 4.98 Å². The highest BCUT2D eigenvalue weighted by atomic mass is 35.5. The highest BCUT2D eigenvalue weighted by molar-refractivity contribution is 6.11. The van der Waals surface area contributed by atoms with Crippen molar-refractivity contribution in [2.24, 2.45) is 0 Å². The van der Waals surface area contributed by atoms with Crippen molar-refractivity contribution in [2.45, 2.75) is 0 Å². The summed E-state index contributed by atoms with van der Waals surface area (Å²) >= 11 is 0. The molecule has 0 radical (unpaired) electrons. The number of anilines is 1. The molecular formula is C16H16ClN3O4. The summed E-state index contributed by atoms with van der Waals surface area (Å²) in [6, 6.07) is 10.2. The summed E-state index contributed by atoms with van der Waals surface area (Å²) < 4.78 is 5.23. The lowest BCUT2D eigenvalue weighted by Crippen LogP contribution is -2.07. The fourth-order valence-electron chi connectivity index (χ4n) is 2.60. The summed E-state index contributed by atoms with van der Waals surface area (Å²) in [5.74, 6) is 0.629. The summed E-state index contributed by atoms with van der Waals surface area (Å²) in [4.78, 5) is 15.4. The van der Waals surface area contributed by atoms with Gasteiger partial charge in [-0.1, -0.05) is 6.07 Å². The second-order valence-corrected chi connectivity index (χ2v) is 4.95. The maximum atomic E-state index is 11.4. The molecule has 0 aliphatic carbocycles. The van der Waals surface area contributed by atoms with Crippen LogP contribution >= 0.6 is 12.4 Å². The Balaban J connectivity index is 0.00000208. The second-order valence-electron chi connectivity index (χ2n) is 4.95. The van der Waals surface area contributed by atoms with E-state index in [-0.39, 0.29) is 31.2 Å². The number of nitrogens with one attached hydrogen (secondary N) is 1. The molecule has 0 aliphatic heterocycles. The average molecular weight is 350 g/mol. The van der Waals surface area contributed by atoms with Gasteiger partial charge in [-0.15, -0.1) is 12.4 Å². The lowest BCUT2D eigenvalue weighted by Gasteiger charge is -2.13. The number of benzene rings is 2. The number of nitro groups is 1.